The molecule has 2 aromatic carbocycles. The zero-order valence-electron chi connectivity index (χ0n) is 36.3. The molecule has 3 amide bonds. The highest BCUT2D eigenvalue weighted by molar-refractivity contribution is 7.87. The minimum Gasteiger partial charge on any atom is -0.496 e. The van der Waals surface area contributed by atoms with E-state index < -0.39 is 69.7 Å². The Morgan fingerprint density at radius 2 is 1.86 bits per heavy atom. The largest absolute Gasteiger partial charge is 0.573 e. The van der Waals surface area contributed by atoms with Crippen LogP contribution in [0.5, 0.6) is 17.2 Å². The summed E-state index contributed by atoms with van der Waals surface area (Å²) in [5.41, 5.74) is 1.37. The lowest BCUT2D eigenvalue weighted by molar-refractivity contribution is -0.274. The van der Waals surface area contributed by atoms with Crippen LogP contribution in [-0.4, -0.2) is 103 Å². The Bertz CT molecular complexity index is 2550. The predicted octanol–water partition coefficient (Wildman–Crippen LogP) is 6.84. The number of benzene rings is 2. The molecule has 0 unspecified atom stereocenters. The van der Waals surface area contributed by atoms with Gasteiger partial charge < -0.3 is 29.7 Å². The fourth-order valence-electron chi connectivity index (χ4n) is 8.11. The van der Waals surface area contributed by atoms with Crippen LogP contribution in [0.2, 0.25) is 0 Å². The maximum absolute atomic E-state index is 14.9. The number of nitrogens with zero attached hydrogens (tertiary/aromatic N) is 4. The smallest absolute Gasteiger partial charge is 0.496 e. The zero-order valence-corrected chi connectivity index (χ0v) is 38.0. The molecule has 344 valence electrons. The van der Waals surface area contributed by atoms with Crippen molar-refractivity contribution in [2.24, 2.45) is 5.92 Å². The highest BCUT2D eigenvalue weighted by Crippen LogP contribution is 2.46. The number of methoxy groups -OCH3 is 1. The molecule has 1 saturated carbocycles. The van der Waals surface area contributed by atoms with Crippen molar-refractivity contribution in [1.29, 1.82) is 0 Å². The first-order chi connectivity index (χ1) is 30.3. The van der Waals surface area contributed by atoms with Gasteiger partial charge in [0.1, 0.15) is 51.7 Å². The summed E-state index contributed by atoms with van der Waals surface area (Å²) in [6, 6.07) is 8.37. The van der Waals surface area contributed by atoms with E-state index in [1.807, 2.05) is 38.3 Å². The summed E-state index contributed by atoms with van der Waals surface area (Å²) < 4.78 is 84.8. The number of amides is 3. The number of rotatable bonds is 11. The molecule has 20 heteroatoms. The highest BCUT2D eigenvalue weighted by Gasteiger charge is 2.61. The molecule has 2 aliphatic heterocycles. The van der Waals surface area contributed by atoms with E-state index in [1.165, 1.54) is 42.5 Å². The number of aryl methyl sites for hydroxylation is 1. The van der Waals surface area contributed by atoms with E-state index >= 15 is 0 Å². The van der Waals surface area contributed by atoms with Crippen molar-refractivity contribution < 1.29 is 50.2 Å². The van der Waals surface area contributed by atoms with E-state index in [2.05, 4.69) is 20.1 Å². The average Bonchev–Trinajstić information content (AvgIpc) is 3.51. The van der Waals surface area contributed by atoms with E-state index in [4.69, 9.17) is 19.4 Å². The van der Waals surface area contributed by atoms with Crippen LogP contribution < -0.4 is 29.6 Å². The molecule has 0 radical (unpaired) electrons. The Kier molecular flexibility index (Phi) is 13.5. The molecule has 4 heterocycles. The number of hydrogen-bond acceptors (Lipinski definition) is 12. The first-order valence-electron chi connectivity index (χ1n) is 21.1. The lowest BCUT2D eigenvalue weighted by Gasteiger charge is -2.30. The number of alkyl halides is 3. The normalized spacial score (nSPS) is 23.7. The lowest BCUT2D eigenvalue weighted by Crippen LogP contribution is -2.58. The molecule has 64 heavy (non-hydrogen) atoms. The van der Waals surface area contributed by atoms with Crippen LogP contribution >= 0.6 is 11.3 Å². The second-order valence-electron chi connectivity index (χ2n) is 16.8. The summed E-state index contributed by atoms with van der Waals surface area (Å²) in [5.74, 6) is -1.94. The SMILES string of the molecule is COc1ccc2c(O[C@@H]3C[C@H]4C(=O)N[C@]5(C(=O)NS(=O)(=O)N(C)C)C[C@@H]5/C=C\CCCCC[C@H](Nc5cccc(OC(F)(F)F)c5)C(=O)N4C3)cc(-c3nc(C(C)C)cs3)nc2c1C. The standard InChI is InChI=1S/C44H52F3N7O8S2/c1-25(2)34-24-63-40(50-34)33-21-37(31-17-18-36(60-6)26(3)38(31)49-33)61-30-20-35-39(55)51-43(42(57)52-64(58,59)53(4)5)22-27(43)13-10-8-7-9-11-16-32(41(56)54(35)23-30)48-28-14-12-15-29(19-28)62-44(45,46)47/h10,12-15,17-19,21,24-25,27,30,32,35,48H,7-9,11,16,20,22-23H2,1-6H3,(H,51,55)(H,52,57)/b13-10-/t27-,30+,32-,35-,43+/m0/s1. The van der Waals surface area contributed by atoms with Gasteiger partial charge in [-0.05, 0) is 62.8 Å². The number of carbonyl (C=O) groups is 3. The van der Waals surface area contributed by atoms with Crippen LogP contribution in [0.15, 0.2) is 60.0 Å². The van der Waals surface area contributed by atoms with Gasteiger partial charge in [0.2, 0.25) is 11.8 Å². The van der Waals surface area contributed by atoms with Gasteiger partial charge in [0.05, 0.1) is 24.9 Å². The summed E-state index contributed by atoms with van der Waals surface area (Å²) in [5, 5.41) is 9.25. The third-order valence-electron chi connectivity index (χ3n) is 11.7. The summed E-state index contributed by atoms with van der Waals surface area (Å²) in [4.78, 5) is 54.7. The van der Waals surface area contributed by atoms with E-state index in [9.17, 15) is 36.0 Å². The van der Waals surface area contributed by atoms with Gasteiger partial charge in [-0.1, -0.05) is 44.9 Å². The van der Waals surface area contributed by atoms with Gasteiger partial charge in [0.15, 0.2) is 0 Å². The Balaban J connectivity index is 1.27. The molecule has 7 rings (SSSR count). The number of anilines is 1. The minimum absolute atomic E-state index is 0.0313. The first kappa shape index (κ1) is 46.5. The van der Waals surface area contributed by atoms with Crippen molar-refractivity contribution >= 4 is 55.9 Å². The van der Waals surface area contributed by atoms with Gasteiger partial charge >= 0.3 is 16.6 Å². The van der Waals surface area contributed by atoms with Crippen molar-refractivity contribution in [2.75, 3.05) is 33.1 Å². The number of pyridine rings is 1. The number of hydrogen-bond donors (Lipinski definition) is 3. The number of fused-ring (bicyclic) bond motifs is 3. The number of thiazole rings is 1. The van der Waals surface area contributed by atoms with Crippen LogP contribution in [0.3, 0.4) is 0 Å². The van der Waals surface area contributed by atoms with E-state index in [0.29, 0.717) is 52.4 Å². The summed E-state index contributed by atoms with van der Waals surface area (Å²) in [6.45, 7) is 5.88. The maximum atomic E-state index is 14.9. The van der Waals surface area contributed by atoms with Crippen LogP contribution in [-0.2, 0) is 24.6 Å². The number of aromatic nitrogens is 2. The second kappa shape index (κ2) is 18.6. The average molecular weight is 928 g/mol. The van der Waals surface area contributed by atoms with Gasteiger partial charge in [-0.25, -0.2) is 14.7 Å². The predicted molar refractivity (Wildman–Crippen MR) is 235 cm³/mol. The molecule has 2 fully saturated rings. The summed E-state index contributed by atoms with van der Waals surface area (Å²) in [7, 11) is -0.132. The third kappa shape index (κ3) is 10.2. The van der Waals surface area contributed by atoms with Gasteiger partial charge in [0, 0.05) is 60.6 Å². The van der Waals surface area contributed by atoms with Crippen LogP contribution in [0.4, 0.5) is 18.9 Å². The molecule has 4 aromatic rings. The number of carbonyl (C=O) groups excluding carboxylic acids is 3. The van der Waals surface area contributed by atoms with Gasteiger partial charge in [0.25, 0.3) is 5.91 Å². The highest BCUT2D eigenvalue weighted by atomic mass is 32.2. The number of allylic oxidation sites excluding steroid dienone is 1. The molecule has 3 N–H and O–H groups in total. The van der Waals surface area contributed by atoms with Gasteiger partial charge in [-0.3, -0.25) is 14.4 Å². The quantitative estimate of drug-likeness (QED) is 0.134. The van der Waals surface area contributed by atoms with Crippen LogP contribution in [0.25, 0.3) is 21.6 Å². The van der Waals surface area contributed by atoms with Gasteiger partial charge in [-0.15, -0.1) is 24.5 Å². The minimum atomic E-state index is -4.94. The molecular formula is C44H52F3N7O8S2. The van der Waals surface area contributed by atoms with Crippen molar-refractivity contribution in [3.05, 3.63) is 71.3 Å². The zero-order chi connectivity index (χ0) is 46.1. The second-order valence-corrected chi connectivity index (χ2v) is 19.6. The Hall–Kier alpha value is -5.47. The Morgan fingerprint density at radius 3 is 2.56 bits per heavy atom. The first-order valence-corrected chi connectivity index (χ1v) is 23.4. The Labute approximate surface area is 373 Å². The van der Waals surface area contributed by atoms with Crippen LogP contribution in [0, 0.1) is 12.8 Å². The number of nitrogens with one attached hydrogen (secondary N) is 3. The molecule has 3 aliphatic rings. The van der Waals surface area contributed by atoms with E-state index in [0.717, 1.165) is 34.1 Å². The fraction of sp³-hybridized carbons (Fsp3) is 0.477. The molecular weight excluding hydrogens is 876 g/mol. The molecule has 1 aliphatic carbocycles. The Morgan fingerprint density at radius 1 is 1.08 bits per heavy atom. The fourth-order valence-corrected chi connectivity index (χ4v) is 9.64. The third-order valence-corrected chi connectivity index (χ3v) is 14.0. The van der Waals surface area contributed by atoms with Crippen molar-refractivity contribution in [3.8, 4) is 28.0 Å². The summed E-state index contributed by atoms with van der Waals surface area (Å²) in [6.07, 6.45) is 0.914. The maximum Gasteiger partial charge on any atom is 0.573 e. The molecule has 15 nitrogen and oxygen atoms in total. The van der Waals surface area contributed by atoms with Crippen molar-refractivity contribution in [1.82, 2.24) is 29.2 Å². The molecule has 0 spiro atoms. The molecule has 0 bridgehead atoms. The monoisotopic (exact) mass is 927 g/mol. The molecule has 2 aromatic heterocycles. The molecule has 5 atom stereocenters. The topological polar surface area (TPSA) is 181 Å². The van der Waals surface area contributed by atoms with E-state index in [1.54, 1.807) is 25.3 Å². The van der Waals surface area contributed by atoms with Crippen molar-refractivity contribution in [3.63, 3.8) is 0 Å². The lowest BCUT2D eigenvalue weighted by atomic mass is 10.0. The number of halogens is 3. The van der Waals surface area contributed by atoms with Gasteiger partial charge in [-0.2, -0.15) is 12.7 Å². The molecule has 1 saturated heterocycles. The van der Waals surface area contributed by atoms with Crippen molar-refractivity contribution in [2.45, 2.75) is 102 Å². The number of ether oxygens (including phenoxy) is 3. The summed E-state index contributed by atoms with van der Waals surface area (Å²) >= 11 is 1.44. The van der Waals surface area contributed by atoms with E-state index in [-0.39, 0.29) is 37.4 Å². The van der Waals surface area contributed by atoms with Crippen LogP contribution in [0.1, 0.15) is 76.0 Å².